The van der Waals surface area contributed by atoms with Crippen molar-refractivity contribution >= 4 is 22.7 Å². The smallest absolute Gasteiger partial charge is 0.0708 e. The van der Waals surface area contributed by atoms with Gasteiger partial charge in [-0.2, -0.15) is 0 Å². The first kappa shape index (κ1) is 11.7. The molecular weight excluding hydrogens is 230 g/mol. The Morgan fingerprint density at radius 3 is 2.53 bits per heavy atom. The zero-order chi connectivity index (χ0) is 13.1. The lowest BCUT2D eigenvalue weighted by Gasteiger charge is -2.03. The molecule has 0 radical (unpaired) electrons. The molecule has 0 saturated heterocycles. The lowest BCUT2D eigenvalue weighted by molar-refractivity contribution is 1.49. The van der Waals surface area contributed by atoms with Crippen molar-refractivity contribution < 1.29 is 0 Å². The number of benzene rings is 3. The normalized spacial score (nSPS) is 11.2. The molecular formula is C18H15N. The summed E-state index contributed by atoms with van der Waals surface area (Å²) in [6, 6.07) is 22.9. The van der Waals surface area contributed by atoms with E-state index < -0.39 is 0 Å². The first-order chi connectivity index (χ1) is 9.33. The van der Waals surface area contributed by atoms with Crippen molar-refractivity contribution in [3.8, 4) is 0 Å². The lowest BCUT2D eigenvalue weighted by atomic mass is 10.1. The molecule has 1 nitrogen and oxygen atoms in total. The van der Waals surface area contributed by atoms with Gasteiger partial charge in [-0.3, -0.25) is 4.99 Å². The van der Waals surface area contributed by atoms with E-state index >= 15 is 0 Å². The number of nitrogens with zero attached hydrogens (tertiary/aromatic N) is 1. The summed E-state index contributed by atoms with van der Waals surface area (Å²) in [6.45, 7) is 2.11. The molecule has 0 aliphatic rings. The van der Waals surface area contributed by atoms with Gasteiger partial charge in [0, 0.05) is 11.6 Å². The molecule has 3 aromatic carbocycles. The van der Waals surface area contributed by atoms with E-state index in [1.807, 2.05) is 24.4 Å². The number of hydrogen-bond donors (Lipinski definition) is 0. The number of rotatable bonds is 2. The van der Waals surface area contributed by atoms with E-state index in [0.29, 0.717) is 0 Å². The molecule has 0 bridgehead atoms. The van der Waals surface area contributed by atoms with Crippen molar-refractivity contribution in [1.29, 1.82) is 0 Å². The van der Waals surface area contributed by atoms with Gasteiger partial charge in [-0.25, -0.2) is 0 Å². The molecule has 3 aromatic rings. The predicted molar refractivity (Wildman–Crippen MR) is 82.4 cm³/mol. The Morgan fingerprint density at radius 1 is 0.842 bits per heavy atom. The van der Waals surface area contributed by atoms with E-state index in [2.05, 4.69) is 60.4 Å². The molecule has 0 saturated carbocycles. The Kier molecular flexibility index (Phi) is 3.11. The zero-order valence-corrected chi connectivity index (χ0v) is 10.9. The van der Waals surface area contributed by atoms with Gasteiger partial charge in [0.25, 0.3) is 0 Å². The molecule has 0 aliphatic carbocycles. The quantitative estimate of drug-likeness (QED) is 0.569. The molecule has 92 valence electrons. The van der Waals surface area contributed by atoms with Crippen molar-refractivity contribution in [2.24, 2.45) is 4.99 Å². The van der Waals surface area contributed by atoms with Crippen LogP contribution >= 0.6 is 0 Å². The highest BCUT2D eigenvalue weighted by atomic mass is 14.7. The van der Waals surface area contributed by atoms with E-state index in [4.69, 9.17) is 0 Å². The summed E-state index contributed by atoms with van der Waals surface area (Å²) in [5.74, 6) is 0. The summed E-state index contributed by atoms with van der Waals surface area (Å²) < 4.78 is 0. The second-order valence-corrected chi connectivity index (χ2v) is 4.67. The number of aliphatic imine (C=N–C) groups is 1. The third-order valence-electron chi connectivity index (χ3n) is 3.17. The van der Waals surface area contributed by atoms with Gasteiger partial charge < -0.3 is 0 Å². The van der Waals surface area contributed by atoms with Crippen molar-refractivity contribution in [3.05, 3.63) is 77.9 Å². The van der Waals surface area contributed by atoms with Crippen molar-refractivity contribution in [2.75, 3.05) is 0 Å². The highest BCUT2D eigenvalue weighted by Gasteiger charge is 1.98. The number of aryl methyl sites for hydroxylation is 1. The Balaban J connectivity index is 2.04. The summed E-state index contributed by atoms with van der Waals surface area (Å²) in [4.78, 5) is 4.61. The molecule has 0 spiro atoms. The van der Waals surface area contributed by atoms with Crippen LogP contribution in [0.25, 0.3) is 10.8 Å². The fourth-order valence-corrected chi connectivity index (χ4v) is 2.18. The van der Waals surface area contributed by atoms with Crippen molar-refractivity contribution in [2.45, 2.75) is 6.92 Å². The minimum absolute atomic E-state index is 1.02. The van der Waals surface area contributed by atoms with Crippen LogP contribution in [0.2, 0.25) is 0 Å². The summed E-state index contributed by atoms with van der Waals surface area (Å²) in [5.41, 5.74) is 3.41. The molecule has 19 heavy (non-hydrogen) atoms. The molecule has 1 heteroatoms. The van der Waals surface area contributed by atoms with Crippen LogP contribution in [0.1, 0.15) is 11.1 Å². The number of fused-ring (bicyclic) bond motifs is 1. The van der Waals surface area contributed by atoms with Crippen LogP contribution in [-0.4, -0.2) is 6.21 Å². The maximum absolute atomic E-state index is 4.61. The maximum Gasteiger partial charge on any atom is 0.0708 e. The summed E-state index contributed by atoms with van der Waals surface area (Å²) >= 11 is 0. The highest BCUT2D eigenvalue weighted by Crippen LogP contribution is 2.26. The monoisotopic (exact) mass is 245 g/mol. The molecule has 0 N–H and O–H groups in total. The fourth-order valence-electron chi connectivity index (χ4n) is 2.18. The molecule has 0 aliphatic heterocycles. The molecule has 0 atom stereocenters. The van der Waals surface area contributed by atoms with Gasteiger partial charge >= 0.3 is 0 Å². The lowest BCUT2D eigenvalue weighted by Crippen LogP contribution is -1.80. The molecule has 0 aromatic heterocycles. The SMILES string of the molecule is Cc1ccc2c(/N=C/c3ccccc3)cccc2c1. The fraction of sp³-hybridized carbons (Fsp3) is 0.0556. The van der Waals surface area contributed by atoms with Crippen LogP contribution < -0.4 is 0 Å². The standard InChI is InChI=1S/C18H15N/c1-14-10-11-17-16(12-14)8-5-9-18(17)19-13-15-6-3-2-4-7-15/h2-13H,1H3/b19-13+. The second kappa shape index (κ2) is 5.07. The average molecular weight is 245 g/mol. The van der Waals surface area contributed by atoms with E-state index in [1.54, 1.807) is 0 Å². The van der Waals surface area contributed by atoms with Gasteiger partial charge in [0.05, 0.1) is 5.69 Å². The minimum atomic E-state index is 1.02. The van der Waals surface area contributed by atoms with Gasteiger partial charge in [-0.15, -0.1) is 0 Å². The van der Waals surface area contributed by atoms with Crippen LogP contribution in [0.15, 0.2) is 71.7 Å². The van der Waals surface area contributed by atoms with Gasteiger partial charge in [0.1, 0.15) is 0 Å². The Bertz CT molecular complexity index is 727. The maximum atomic E-state index is 4.61. The molecule has 3 rings (SSSR count). The summed E-state index contributed by atoms with van der Waals surface area (Å²) in [5, 5.41) is 2.43. The van der Waals surface area contributed by atoms with Gasteiger partial charge in [0.15, 0.2) is 0 Å². The van der Waals surface area contributed by atoms with E-state index in [0.717, 1.165) is 11.3 Å². The van der Waals surface area contributed by atoms with Crippen molar-refractivity contribution in [3.63, 3.8) is 0 Å². The van der Waals surface area contributed by atoms with Crippen LogP contribution in [-0.2, 0) is 0 Å². The van der Waals surface area contributed by atoms with E-state index in [9.17, 15) is 0 Å². The Hall–Kier alpha value is -2.41. The molecule has 0 fully saturated rings. The van der Waals surface area contributed by atoms with Gasteiger partial charge in [-0.05, 0) is 23.9 Å². The predicted octanol–water partition coefficient (Wildman–Crippen LogP) is 4.90. The van der Waals surface area contributed by atoms with E-state index in [1.165, 1.54) is 16.3 Å². The van der Waals surface area contributed by atoms with Crippen molar-refractivity contribution in [1.82, 2.24) is 0 Å². The van der Waals surface area contributed by atoms with Crippen LogP contribution in [0, 0.1) is 6.92 Å². The van der Waals surface area contributed by atoms with Gasteiger partial charge in [0.2, 0.25) is 0 Å². The Labute approximate surface area is 113 Å². The van der Waals surface area contributed by atoms with Crippen LogP contribution in [0.5, 0.6) is 0 Å². The van der Waals surface area contributed by atoms with Crippen LogP contribution in [0.3, 0.4) is 0 Å². The van der Waals surface area contributed by atoms with Crippen LogP contribution in [0.4, 0.5) is 5.69 Å². The molecule has 0 amide bonds. The Morgan fingerprint density at radius 2 is 1.68 bits per heavy atom. The highest BCUT2D eigenvalue weighted by molar-refractivity contribution is 5.95. The second-order valence-electron chi connectivity index (χ2n) is 4.67. The number of hydrogen-bond acceptors (Lipinski definition) is 1. The zero-order valence-electron chi connectivity index (χ0n) is 10.9. The third-order valence-corrected chi connectivity index (χ3v) is 3.17. The van der Waals surface area contributed by atoms with Gasteiger partial charge in [-0.1, -0.05) is 66.2 Å². The first-order valence-electron chi connectivity index (χ1n) is 6.41. The topological polar surface area (TPSA) is 12.4 Å². The molecule has 0 unspecified atom stereocenters. The largest absolute Gasteiger partial charge is 0.256 e. The minimum Gasteiger partial charge on any atom is -0.256 e. The molecule has 0 heterocycles. The van der Waals surface area contributed by atoms with E-state index in [-0.39, 0.29) is 0 Å². The average Bonchev–Trinajstić information content (AvgIpc) is 2.45. The summed E-state index contributed by atoms with van der Waals surface area (Å²) in [7, 11) is 0. The summed E-state index contributed by atoms with van der Waals surface area (Å²) in [6.07, 6.45) is 1.91. The first-order valence-corrected chi connectivity index (χ1v) is 6.41. The third kappa shape index (κ3) is 2.55.